The van der Waals surface area contributed by atoms with Crippen molar-refractivity contribution >= 4 is 17.1 Å². The van der Waals surface area contributed by atoms with E-state index in [1.54, 1.807) is 11.3 Å². The van der Waals surface area contributed by atoms with Gasteiger partial charge in [0.05, 0.1) is 10.7 Å². The van der Waals surface area contributed by atoms with E-state index in [2.05, 4.69) is 18.0 Å². The summed E-state index contributed by atoms with van der Waals surface area (Å²) < 4.78 is 0. The van der Waals surface area contributed by atoms with Crippen molar-refractivity contribution in [2.45, 2.75) is 26.7 Å². The average molecular weight is 257 g/mol. The summed E-state index contributed by atoms with van der Waals surface area (Å²) in [6.07, 6.45) is 1.65. The number of hydrogen-bond acceptors (Lipinski definition) is 3. The number of nitrogens with zero attached hydrogens (tertiary/aromatic N) is 1. The van der Waals surface area contributed by atoms with Crippen molar-refractivity contribution in [1.82, 2.24) is 4.98 Å². The Morgan fingerprint density at radius 2 is 2.11 bits per heavy atom. The first-order chi connectivity index (χ1) is 8.65. The van der Waals surface area contributed by atoms with E-state index in [1.165, 1.54) is 10.4 Å². The molecule has 0 bridgehead atoms. The van der Waals surface area contributed by atoms with E-state index in [0.29, 0.717) is 0 Å². The molecule has 0 radical (unpaired) electrons. The lowest BCUT2D eigenvalue weighted by Gasteiger charge is -2.04. The van der Waals surface area contributed by atoms with Gasteiger partial charge in [-0.3, -0.25) is 4.79 Å². The molecule has 2 aromatic rings. The summed E-state index contributed by atoms with van der Waals surface area (Å²) in [5.41, 5.74) is 3.20. The summed E-state index contributed by atoms with van der Waals surface area (Å²) in [4.78, 5) is 18.1. The number of hydrogen-bond donors (Lipinski definition) is 0. The lowest BCUT2D eigenvalue weighted by atomic mass is 10.0. The first-order valence-corrected chi connectivity index (χ1v) is 7.02. The molecular weight excluding hydrogens is 242 g/mol. The van der Waals surface area contributed by atoms with Crippen LogP contribution in [-0.2, 0) is 12.8 Å². The third-order valence-corrected chi connectivity index (χ3v) is 4.71. The molecular formula is C15H15NOS. The fraction of sp³-hybridized carbons (Fsp3) is 0.333. The summed E-state index contributed by atoms with van der Waals surface area (Å²) in [5.74, 6) is 0.378. The molecule has 0 N–H and O–H groups in total. The van der Waals surface area contributed by atoms with Crippen molar-refractivity contribution in [3.63, 3.8) is 0 Å². The number of benzene rings is 1. The van der Waals surface area contributed by atoms with Crippen molar-refractivity contribution in [2.24, 2.45) is 5.92 Å². The van der Waals surface area contributed by atoms with E-state index in [4.69, 9.17) is 0 Å². The molecule has 1 aromatic carbocycles. The third-order valence-electron chi connectivity index (χ3n) is 3.61. The number of aryl methyl sites for hydroxylation is 2. The standard InChI is InChI=1S/C15H15NOS/c1-9-10(2)18-14(16-9)8-12-7-11-5-3-4-6-13(11)15(12)17/h3-6,12H,7-8H2,1-2H3. The Hall–Kier alpha value is -1.48. The van der Waals surface area contributed by atoms with Crippen LogP contribution in [0.4, 0.5) is 0 Å². The second-order valence-electron chi connectivity index (χ2n) is 4.88. The minimum atomic E-state index is 0.0901. The van der Waals surface area contributed by atoms with Gasteiger partial charge in [0.15, 0.2) is 5.78 Å². The number of carbonyl (C=O) groups excluding carboxylic acids is 1. The largest absolute Gasteiger partial charge is 0.294 e. The Balaban J connectivity index is 1.83. The van der Waals surface area contributed by atoms with Crippen molar-refractivity contribution in [3.8, 4) is 0 Å². The van der Waals surface area contributed by atoms with Gasteiger partial charge in [0.2, 0.25) is 0 Å². The second-order valence-corrected chi connectivity index (χ2v) is 6.16. The van der Waals surface area contributed by atoms with Crippen molar-refractivity contribution in [3.05, 3.63) is 51.0 Å². The molecule has 1 aliphatic rings. The fourth-order valence-electron chi connectivity index (χ4n) is 2.52. The molecule has 1 unspecified atom stereocenters. The highest BCUT2D eigenvalue weighted by molar-refractivity contribution is 7.11. The molecule has 0 spiro atoms. The molecule has 92 valence electrons. The van der Waals surface area contributed by atoms with Gasteiger partial charge in [-0.2, -0.15) is 0 Å². The van der Waals surface area contributed by atoms with Crippen molar-refractivity contribution in [2.75, 3.05) is 0 Å². The van der Waals surface area contributed by atoms with Gasteiger partial charge in [0.1, 0.15) is 0 Å². The number of Topliss-reactive ketones (excluding diaryl/α,β-unsaturated/α-hetero) is 1. The summed E-state index contributed by atoms with van der Waals surface area (Å²) in [6.45, 7) is 4.11. The van der Waals surface area contributed by atoms with Gasteiger partial charge in [0, 0.05) is 22.8 Å². The quantitative estimate of drug-likeness (QED) is 0.825. The molecule has 0 aliphatic heterocycles. The molecule has 1 aliphatic carbocycles. The first-order valence-electron chi connectivity index (χ1n) is 6.20. The summed E-state index contributed by atoms with van der Waals surface area (Å²) >= 11 is 1.72. The molecule has 3 rings (SSSR count). The van der Waals surface area contributed by atoms with Crippen LogP contribution in [0.15, 0.2) is 24.3 Å². The summed E-state index contributed by atoms with van der Waals surface area (Å²) in [5, 5.41) is 1.09. The van der Waals surface area contributed by atoms with E-state index in [0.717, 1.165) is 29.1 Å². The van der Waals surface area contributed by atoms with Gasteiger partial charge in [-0.15, -0.1) is 11.3 Å². The van der Waals surface area contributed by atoms with Crippen LogP contribution in [0.1, 0.15) is 31.5 Å². The van der Waals surface area contributed by atoms with E-state index in [1.807, 2.05) is 25.1 Å². The Bertz CT molecular complexity index is 595. The topological polar surface area (TPSA) is 30.0 Å². The maximum atomic E-state index is 12.3. The van der Waals surface area contributed by atoms with Crippen LogP contribution in [0.2, 0.25) is 0 Å². The maximum Gasteiger partial charge on any atom is 0.166 e. The SMILES string of the molecule is Cc1nc(CC2Cc3ccccc3C2=O)sc1C. The van der Waals surface area contributed by atoms with Crippen molar-refractivity contribution in [1.29, 1.82) is 0 Å². The van der Waals surface area contributed by atoms with Crippen LogP contribution >= 0.6 is 11.3 Å². The number of carbonyl (C=O) groups is 1. The highest BCUT2D eigenvalue weighted by atomic mass is 32.1. The maximum absolute atomic E-state index is 12.3. The summed E-state index contributed by atoms with van der Waals surface area (Å²) in [7, 11) is 0. The van der Waals surface area contributed by atoms with E-state index < -0.39 is 0 Å². The first kappa shape index (κ1) is 11.6. The Morgan fingerprint density at radius 3 is 2.78 bits per heavy atom. The fourth-order valence-corrected chi connectivity index (χ4v) is 3.53. The molecule has 0 saturated carbocycles. The molecule has 1 heterocycles. The predicted octanol–water partition coefficient (Wildman–Crippen LogP) is 3.36. The monoisotopic (exact) mass is 257 g/mol. The second kappa shape index (κ2) is 4.32. The van der Waals surface area contributed by atoms with Gasteiger partial charge >= 0.3 is 0 Å². The van der Waals surface area contributed by atoms with Crippen LogP contribution in [0.25, 0.3) is 0 Å². The van der Waals surface area contributed by atoms with Crippen LogP contribution in [0.3, 0.4) is 0 Å². The van der Waals surface area contributed by atoms with Gasteiger partial charge in [0.25, 0.3) is 0 Å². The third kappa shape index (κ3) is 1.89. The Labute approximate surface area is 111 Å². The van der Waals surface area contributed by atoms with Crippen LogP contribution in [0.5, 0.6) is 0 Å². The lowest BCUT2D eigenvalue weighted by Crippen LogP contribution is -2.12. The zero-order chi connectivity index (χ0) is 12.7. The number of aromatic nitrogens is 1. The van der Waals surface area contributed by atoms with Crippen LogP contribution < -0.4 is 0 Å². The van der Waals surface area contributed by atoms with E-state index in [-0.39, 0.29) is 11.7 Å². The van der Waals surface area contributed by atoms with E-state index in [9.17, 15) is 4.79 Å². The molecule has 0 fully saturated rings. The highest BCUT2D eigenvalue weighted by Crippen LogP contribution is 2.30. The number of ketones is 1. The van der Waals surface area contributed by atoms with Crippen LogP contribution in [0, 0.1) is 19.8 Å². The average Bonchev–Trinajstić information content (AvgIpc) is 2.83. The van der Waals surface area contributed by atoms with Crippen LogP contribution in [-0.4, -0.2) is 10.8 Å². The Kier molecular flexibility index (Phi) is 2.78. The molecule has 3 heteroatoms. The number of rotatable bonds is 2. The lowest BCUT2D eigenvalue weighted by molar-refractivity contribution is 0.0936. The normalized spacial score (nSPS) is 18.1. The molecule has 1 atom stereocenters. The van der Waals surface area contributed by atoms with Gasteiger partial charge in [-0.1, -0.05) is 24.3 Å². The van der Waals surface area contributed by atoms with Crippen molar-refractivity contribution < 1.29 is 4.79 Å². The number of thiazole rings is 1. The highest BCUT2D eigenvalue weighted by Gasteiger charge is 2.30. The molecule has 0 saturated heterocycles. The van der Waals surface area contributed by atoms with E-state index >= 15 is 0 Å². The zero-order valence-corrected chi connectivity index (χ0v) is 11.4. The van der Waals surface area contributed by atoms with Gasteiger partial charge < -0.3 is 0 Å². The van der Waals surface area contributed by atoms with Gasteiger partial charge in [-0.25, -0.2) is 4.98 Å². The predicted molar refractivity (Wildman–Crippen MR) is 73.3 cm³/mol. The Morgan fingerprint density at radius 1 is 1.33 bits per heavy atom. The molecule has 1 aromatic heterocycles. The molecule has 0 amide bonds. The minimum Gasteiger partial charge on any atom is -0.294 e. The molecule has 18 heavy (non-hydrogen) atoms. The smallest absolute Gasteiger partial charge is 0.166 e. The van der Waals surface area contributed by atoms with Gasteiger partial charge in [-0.05, 0) is 25.8 Å². The number of fused-ring (bicyclic) bond motifs is 1. The minimum absolute atomic E-state index is 0.0901. The molecule has 2 nitrogen and oxygen atoms in total. The summed E-state index contributed by atoms with van der Waals surface area (Å²) in [6, 6.07) is 7.95. The zero-order valence-electron chi connectivity index (χ0n) is 10.6.